The van der Waals surface area contributed by atoms with E-state index in [0.717, 1.165) is 12.0 Å². The highest BCUT2D eigenvalue weighted by atomic mass is 32.2. The number of benzene rings is 2. The monoisotopic (exact) mass is 322 g/mol. The second kappa shape index (κ2) is 7.82. The van der Waals surface area contributed by atoms with Gasteiger partial charge in [0.25, 0.3) is 10.1 Å². The van der Waals surface area contributed by atoms with E-state index in [2.05, 4.69) is 4.18 Å². The molecule has 0 aliphatic carbocycles. The number of hydrogen-bond acceptors (Lipinski definition) is 5. The molecule has 6 heteroatoms. The molecule has 0 unspecified atom stereocenters. The molecule has 0 atom stereocenters. The Morgan fingerprint density at radius 2 is 1.55 bits per heavy atom. The van der Waals surface area contributed by atoms with E-state index < -0.39 is 10.1 Å². The van der Waals surface area contributed by atoms with E-state index >= 15 is 0 Å². The van der Waals surface area contributed by atoms with Crippen molar-refractivity contribution >= 4 is 10.1 Å². The van der Waals surface area contributed by atoms with Crippen LogP contribution >= 0.6 is 0 Å². The zero-order valence-corrected chi connectivity index (χ0v) is 13.1. The van der Waals surface area contributed by atoms with Crippen molar-refractivity contribution in [1.29, 1.82) is 0 Å². The molecule has 0 fully saturated rings. The van der Waals surface area contributed by atoms with E-state index in [-0.39, 0.29) is 6.61 Å². The Balaban J connectivity index is 1.81. The molecule has 118 valence electrons. The van der Waals surface area contributed by atoms with Gasteiger partial charge in [0.15, 0.2) is 0 Å². The summed E-state index contributed by atoms with van der Waals surface area (Å²) in [6.07, 6.45) is 1.51. The van der Waals surface area contributed by atoms with Crippen molar-refractivity contribution < 1.29 is 22.1 Å². The van der Waals surface area contributed by atoms with Crippen LogP contribution in [-0.2, 0) is 14.3 Å². The van der Waals surface area contributed by atoms with Crippen LogP contribution < -0.4 is 9.47 Å². The maximum atomic E-state index is 10.8. The molecule has 0 aliphatic rings. The Morgan fingerprint density at radius 1 is 0.864 bits per heavy atom. The van der Waals surface area contributed by atoms with Gasteiger partial charge < -0.3 is 9.47 Å². The van der Waals surface area contributed by atoms with Gasteiger partial charge in [-0.05, 0) is 24.3 Å². The Labute approximate surface area is 130 Å². The zero-order valence-electron chi connectivity index (χ0n) is 12.3. The summed E-state index contributed by atoms with van der Waals surface area (Å²) in [5.41, 5.74) is 0. The van der Waals surface area contributed by atoms with Crippen LogP contribution in [-0.4, -0.2) is 27.9 Å². The van der Waals surface area contributed by atoms with E-state index in [9.17, 15) is 8.42 Å². The van der Waals surface area contributed by atoms with Crippen LogP contribution in [0.25, 0.3) is 0 Å². The highest BCUT2D eigenvalue weighted by Gasteiger charge is 2.02. The number of rotatable bonds is 8. The smallest absolute Gasteiger partial charge is 0.264 e. The number of para-hydroxylation sites is 1. The Morgan fingerprint density at radius 3 is 2.27 bits per heavy atom. The minimum Gasteiger partial charge on any atom is -0.493 e. The summed E-state index contributed by atoms with van der Waals surface area (Å²) in [6, 6.07) is 16.7. The lowest BCUT2D eigenvalue weighted by atomic mass is 10.3. The van der Waals surface area contributed by atoms with E-state index in [4.69, 9.17) is 9.47 Å². The van der Waals surface area contributed by atoms with Gasteiger partial charge in [-0.15, -0.1) is 0 Å². The van der Waals surface area contributed by atoms with Gasteiger partial charge in [-0.3, -0.25) is 4.18 Å². The third kappa shape index (κ3) is 6.15. The molecule has 0 N–H and O–H groups in total. The first-order chi connectivity index (χ1) is 10.5. The molecule has 2 rings (SSSR count). The van der Waals surface area contributed by atoms with Crippen molar-refractivity contribution in [2.45, 2.75) is 6.42 Å². The van der Waals surface area contributed by atoms with Gasteiger partial charge in [0.2, 0.25) is 0 Å². The molecule has 0 spiro atoms. The summed E-state index contributed by atoms with van der Waals surface area (Å²) in [6.45, 7) is 0.476. The zero-order chi connectivity index (χ0) is 15.8. The van der Waals surface area contributed by atoms with Crippen LogP contribution in [0.5, 0.6) is 17.2 Å². The molecule has 22 heavy (non-hydrogen) atoms. The summed E-state index contributed by atoms with van der Waals surface area (Å²) >= 11 is 0. The number of hydrogen-bond donors (Lipinski definition) is 0. The quantitative estimate of drug-likeness (QED) is 0.551. The highest BCUT2D eigenvalue weighted by molar-refractivity contribution is 7.85. The molecule has 2 aromatic rings. The van der Waals surface area contributed by atoms with Gasteiger partial charge in [-0.2, -0.15) is 8.42 Å². The van der Waals surface area contributed by atoms with E-state index in [1.165, 1.54) is 0 Å². The summed E-state index contributed by atoms with van der Waals surface area (Å²) in [5.74, 6) is 2.09. The maximum Gasteiger partial charge on any atom is 0.264 e. The molecular weight excluding hydrogens is 304 g/mol. The highest BCUT2D eigenvalue weighted by Crippen LogP contribution is 2.24. The van der Waals surface area contributed by atoms with Crippen molar-refractivity contribution in [1.82, 2.24) is 0 Å². The molecule has 0 bridgehead atoms. The van der Waals surface area contributed by atoms with E-state index in [0.29, 0.717) is 24.5 Å². The van der Waals surface area contributed by atoms with Gasteiger partial charge in [-0.1, -0.05) is 24.3 Å². The molecule has 2 aromatic carbocycles. The minimum atomic E-state index is -3.39. The topological polar surface area (TPSA) is 61.8 Å². The first kappa shape index (κ1) is 16.3. The van der Waals surface area contributed by atoms with Crippen LogP contribution in [0.2, 0.25) is 0 Å². The second-order valence-electron chi connectivity index (χ2n) is 4.62. The lowest BCUT2D eigenvalue weighted by molar-refractivity contribution is 0.251. The lowest BCUT2D eigenvalue weighted by Gasteiger charge is -2.09. The fourth-order valence-corrected chi connectivity index (χ4v) is 2.13. The molecule has 0 saturated heterocycles. The average Bonchev–Trinajstić information content (AvgIpc) is 2.47. The molecule has 5 nitrogen and oxygen atoms in total. The van der Waals surface area contributed by atoms with Gasteiger partial charge in [-0.25, -0.2) is 0 Å². The SMILES string of the molecule is CS(=O)(=O)OCCCOc1cccc(Oc2ccccc2)c1. The Kier molecular flexibility index (Phi) is 5.80. The van der Waals surface area contributed by atoms with Crippen molar-refractivity contribution in [2.24, 2.45) is 0 Å². The standard InChI is InChI=1S/C16H18O5S/c1-22(17,18)20-12-6-11-19-15-9-5-10-16(13-15)21-14-7-3-2-4-8-14/h2-5,7-10,13H,6,11-12H2,1H3. The summed E-state index contributed by atoms with van der Waals surface area (Å²) in [5, 5.41) is 0. The Hall–Kier alpha value is -2.05. The average molecular weight is 322 g/mol. The Bertz CT molecular complexity index is 683. The minimum absolute atomic E-state index is 0.110. The molecule has 0 amide bonds. The predicted octanol–water partition coefficient (Wildman–Crippen LogP) is 3.22. The van der Waals surface area contributed by atoms with Crippen LogP contribution in [0.4, 0.5) is 0 Å². The molecular formula is C16H18O5S. The van der Waals surface area contributed by atoms with Gasteiger partial charge in [0.05, 0.1) is 19.5 Å². The first-order valence-electron chi connectivity index (χ1n) is 6.83. The van der Waals surface area contributed by atoms with Gasteiger partial charge in [0.1, 0.15) is 17.2 Å². The predicted molar refractivity (Wildman–Crippen MR) is 83.9 cm³/mol. The van der Waals surface area contributed by atoms with Gasteiger partial charge in [0, 0.05) is 12.5 Å². The third-order valence-electron chi connectivity index (χ3n) is 2.64. The van der Waals surface area contributed by atoms with Crippen molar-refractivity contribution in [3.63, 3.8) is 0 Å². The van der Waals surface area contributed by atoms with Crippen LogP contribution in [0.1, 0.15) is 6.42 Å². The summed E-state index contributed by atoms with van der Waals surface area (Å²) in [7, 11) is -3.39. The normalized spacial score (nSPS) is 11.1. The maximum absolute atomic E-state index is 10.8. The van der Waals surface area contributed by atoms with Crippen LogP contribution in [0.3, 0.4) is 0 Å². The molecule has 0 heterocycles. The third-order valence-corrected chi connectivity index (χ3v) is 3.23. The molecule has 0 radical (unpaired) electrons. The molecule has 0 saturated carbocycles. The largest absolute Gasteiger partial charge is 0.493 e. The van der Waals surface area contributed by atoms with Gasteiger partial charge >= 0.3 is 0 Å². The second-order valence-corrected chi connectivity index (χ2v) is 6.26. The fraction of sp³-hybridized carbons (Fsp3) is 0.250. The number of ether oxygens (including phenoxy) is 2. The van der Waals surface area contributed by atoms with E-state index in [1.807, 2.05) is 48.5 Å². The van der Waals surface area contributed by atoms with Crippen LogP contribution in [0, 0.1) is 0 Å². The lowest BCUT2D eigenvalue weighted by Crippen LogP contribution is -2.07. The summed E-state index contributed by atoms with van der Waals surface area (Å²) < 4.78 is 37.5. The molecule has 0 aliphatic heterocycles. The van der Waals surface area contributed by atoms with E-state index in [1.54, 1.807) is 6.07 Å². The fourth-order valence-electron chi connectivity index (χ4n) is 1.71. The summed E-state index contributed by atoms with van der Waals surface area (Å²) in [4.78, 5) is 0. The van der Waals surface area contributed by atoms with Crippen molar-refractivity contribution in [3.8, 4) is 17.2 Å². The van der Waals surface area contributed by atoms with Crippen molar-refractivity contribution in [2.75, 3.05) is 19.5 Å². The first-order valence-corrected chi connectivity index (χ1v) is 8.65. The van der Waals surface area contributed by atoms with Crippen molar-refractivity contribution in [3.05, 3.63) is 54.6 Å². The molecule has 0 aromatic heterocycles. The van der Waals surface area contributed by atoms with Crippen LogP contribution in [0.15, 0.2) is 54.6 Å².